The van der Waals surface area contributed by atoms with Crippen molar-refractivity contribution in [2.75, 3.05) is 6.61 Å². The van der Waals surface area contributed by atoms with Gasteiger partial charge in [-0.25, -0.2) is 4.39 Å². The van der Waals surface area contributed by atoms with E-state index in [2.05, 4.69) is 5.32 Å². The molecular weight excluding hydrogens is 245 g/mol. The molecule has 0 aliphatic carbocycles. The van der Waals surface area contributed by atoms with E-state index in [1.54, 1.807) is 18.2 Å². The van der Waals surface area contributed by atoms with E-state index in [0.717, 1.165) is 5.56 Å². The first-order valence-electron chi connectivity index (χ1n) is 5.93. The minimum atomic E-state index is -0.579. The van der Waals surface area contributed by atoms with Crippen LogP contribution in [0.4, 0.5) is 4.39 Å². The summed E-state index contributed by atoms with van der Waals surface area (Å²) in [4.78, 5) is 11.9. The van der Waals surface area contributed by atoms with Crippen LogP contribution >= 0.6 is 0 Å². The molecule has 1 unspecified atom stereocenters. The van der Waals surface area contributed by atoms with Gasteiger partial charge < -0.3 is 10.4 Å². The van der Waals surface area contributed by atoms with E-state index in [9.17, 15) is 14.3 Å². The van der Waals surface area contributed by atoms with Gasteiger partial charge in [0.2, 0.25) is 0 Å². The molecule has 0 saturated carbocycles. The van der Waals surface area contributed by atoms with Crippen molar-refractivity contribution in [3.05, 3.63) is 71.5 Å². The van der Waals surface area contributed by atoms with Crippen LogP contribution in [0.25, 0.3) is 0 Å². The fourth-order valence-corrected chi connectivity index (χ4v) is 1.80. The fourth-order valence-electron chi connectivity index (χ4n) is 1.80. The second-order valence-corrected chi connectivity index (χ2v) is 4.10. The normalized spacial score (nSPS) is 11.9. The first-order valence-corrected chi connectivity index (χ1v) is 5.93. The minimum Gasteiger partial charge on any atom is -0.394 e. The zero-order chi connectivity index (χ0) is 13.7. The summed E-state index contributed by atoms with van der Waals surface area (Å²) in [6, 6.07) is 14.3. The number of rotatable bonds is 4. The number of amides is 1. The highest BCUT2D eigenvalue weighted by Gasteiger charge is 2.16. The van der Waals surface area contributed by atoms with Crippen molar-refractivity contribution in [2.24, 2.45) is 0 Å². The van der Waals surface area contributed by atoms with Crippen LogP contribution in [-0.4, -0.2) is 17.6 Å². The lowest BCUT2D eigenvalue weighted by atomic mass is 10.1. The average molecular weight is 259 g/mol. The SMILES string of the molecule is O=C(NC(CO)c1ccccc1)c1ccccc1F. The summed E-state index contributed by atoms with van der Waals surface area (Å²) in [6.45, 7) is -0.246. The molecule has 0 spiro atoms. The third kappa shape index (κ3) is 3.17. The topological polar surface area (TPSA) is 49.3 Å². The number of hydrogen-bond acceptors (Lipinski definition) is 2. The number of aliphatic hydroxyl groups is 1. The second-order valence-electron chi connectivity index (χ2n) is 4.10. The molecule has 0 aliphatic heterocycles. The molecule has 2 rings (SSSR count). The average Bonchev–Trinajstić information content (AvgIpc) is 2.46. The van der Waals surface area contributed by atoms with Gasteiger partial charge in [0.15, 0.2) is 0 Å². The molecule has 2 aromatic carbocycles. The van der Waals surface area contributed by atoms with Crippen LogP contribution < -0.4 is 5.32 Å². The Morgan fingerprint density at radius 1 is 1.11 bits per heavy atom. The highest BCUT2D eigenvalue weighted by Crippen LogP contribution is 2.14. The molecule has 1 atom stereocenters. The van der Waals surface area contributed by atoms with Gasteiger partial charge >= 0.3 is 0 Å². The van der Waals surface area contributed by atoms with E-state index < -0.39 is 17.8 Å². The lowest BCUT2D eigenvalue weighted by molar-refractivity contribution is 0.0912. The van der Waals surface area contributed by atoms with Gasteiger partial charge in [-0.05, 0) is 17.7 Å². The van der Waals surface area contributed by atoms with Crippen molar-refractivity contribution in [1.29, 1.82) is 0 Å². The van der Waals surface area contributed by atoms with E-state index in [1.165, 1.54) is 18.2 Å². The van der Waals surface area contributed by atoms with Crippen molar-refractivity contribution in [2.45, 2.75) is 6.04 Å². The molecule has 0 aromatic heterocycles. The first-order chi connectivity index (χ1) is 9.22. The quantitative estimate of drug-likeness (QED) is 0.885. The van der Waals surface area contributed by atoms with Gasteiger partial charge in [-0.2, -0.15) is 0 Å². The molecule has 98 valence electrons. The van der Waals surface area contributed by atoms with Gasteiger partial charge in [0, 0.05) is 0 Å². The maximum atomic E-state index is 13.5. The van der Waals surface area contributed by atoms with Crippen molar-refractivity contribution < 1.29 is 14.3 Å². The van der Waals surface area contributed by atoms with Crippen LogP contribution in [0, 0.1) is 5.82 Å². The van der Waals surface area contributed by atoms with Crippen LogP contribution in [0.15, 0.2) is 54.6 Å². The third-order valence-corrected chi connectivity index (χ3v) is 2.81. The molecule has 0 fully saturated rings. The van der Waals surface area contributed by atoms with Crippen molar-refractivity contribution in [1.82, 2.24) is 5.32 Å². The first kappa shape index (κ1) is 13.2. The predicted octanol–water partition coefficient (Wildman–Crippen LogP) is 2.29. The third-order valence-electron chi connectivity index (χ3n) is 2.81. The summed E-state index contributed by atoms with van der Waals surface area (Å²) in [6.07, 6.45) is 0. The Labute approximate surface area is 110 Å². The van der Waals surface area contributed by atoms with E-state index >= 15 is 0 Å². The lowest BCUT2D eigenvalue weighted by Gasteiger charge is -2.16. The summed E-state index contributed by atoms with van der Waals surface area (Å²) in [7, 11) is 0. The van der Waals surface area contributed by atoms with Gasteiger partial charge in [0.1, 0.15) is 5.82 Å². The zero-order valence-corrected chi connectivity index (χ0v) is 10.2. The number of nitrogens with one attached hydrogen (secondary N) is 1. The Bertz CT molecular complexity index is 557. The number of hydrogen-bond donors (Lipinski definition) is 2. The Kier molecular flexibility index (Phi) is 4.26. The van der Waals surface area contributed by atoms with Gasteiger partial charge in [-0.3, -0.25) is 4.79 Å². The molecular formula is C15H14FNO2. The van der Waals surface area contributed by atoms with Crippen LogP contribution in [0.2, 0.25) is 0 Å². The largest absolute Gasteiger partial charge is 0.394 e. The molecule has 3 nitrogen and oxygen atoms in total. The Morgan fingerprint density at radius 2 is 1.74 bits per heavy atom. The van der Waals surface area contributed by atoms with Gasteiger partial charge in [-0.1, -0.05) is 42.5 Å². The Balaban J connectivity index is 2.16. The molecule has 0 heterocycles. The van der Waals surface area contributed by atoms with Crippen molar-refractivity contribution in [3.63, 3.8) is 0 Å². The highest BCUT2D eigenvalue weighted by atomic mass is 19.1. The zero-order valence-electron chi connectivity index (χ0n) is 10.2. The number of aliphatic hydroxyl groups excluding tert-OH is 1. The molecule has 0 saturated heterocycles. The number of benzene rings is 2. The number of carbonyl (C=O) groups is 1. The molecule has 0 bridgehead atoms. The van der Waals surface area contributed by atoms with Crippen molar-refractivity contribution in [3.8, 4) is 0 Å². The van der Waals surface area contributed by atoms with Crippen LogP contribution in [0.5, 0.6) is 0 Å². The summed E-state index contributed by atoms with van der Waals surface area (Å²) in [5, 5.41) is 11.9. The molecule has 0 radical (unpaired) electrons. The summed E-state index contributed by atoms with van der Waals surface area (Å²) in [5.74, 6) is -1.12. The Morgan fingerprint density at radius 3 is 2.37 bits per heavy atom. The van der Waals surface area contributed by atoms with Gasteiger partial charge in [-0.15, -0.1) is 0 Å². The molecule has 4 heteroatoms. The Hall–Kier alpha value is -2.20. The highest BCUT2D eigenvalue weighted by molar-refractivity contribution is 5.94. The smallest absolute Gasteiger partial charge is 0.254 e. The summed E-state index contributed by atoms with van der Waals surface area (Å²) in [5.41, 5.74) is 0.742. The van der Waals surface area contributed by atoms with E-state index in [4.69, 9.17) is 0 Å². The molecule has 2 N–H and O–H groups in total. The molecule has 2 aromatic rings. The maximum Gasteiger partial charge on any atom is 0.254 e. The maximum absolute atomic E-state index is 13.5. The van der Waals surface area contributed by atoms with E-state index in [1.807, 2.05) is 18.2 Å². The molecule has 19 heavy (non-hydrogen) atoms. The standard InChI is InChI=1S/C15H14FNO2/c16-13-9-5-4-8-12(13)15(19)17-14(10-18)11-6-2-1-3-7-11/h1-9,14,18H,10H2,(H,17,19). The fraction of sp³-hybridized carbons (Fsp3) is 0.133. The summed E-state index contributed by atoms with van der Waals surface area (Å²) >= 11 is 0. The van der Waals surface area contributed by atoms with E-state index in [-0.39, 0.29) is 12.2 Å². The number of carbonyl (C=O) groups excluding carboxylic acids is 1. The lowest BCUT2D eigenvalue weighted by Crippen LogP contribution is -2.31. The van der Waals surface area contributed by atoms with Gasteiger partial charge in [0.05, 0.1) is 18.2 Å². The van der Waals surface area contributed by atoms with Crippen LogP contribution in [0.1, 0.15) is 22.0 Å². The van der Waals surface area contributed by atoms with Crippen LogP contribution in [0.3, 0.4) is 0 Å². The van der Waals surface area contributed by atoms with Gasteiger partial charge in [0.25, 0.3) is 5.91 Å². The monoisotopic (exact) mass is 259 g/mol. The van der Waals surface area contributed by atoms with E-state index in [0.29, 0.717) is 0 Å². The molecule has 0 aliphatic rings. The summed E-state index contributed by atoms with van der Waals surface area (Å²) < 4.78 is 13.5. The minimum absolute atomic E-state index is 0.0307. The predicted molar refractivity (Wildman–Crippen MR) is 70.1 cm³/mol. The molecule has 1 amide bonds. The number of halogens is 1. The van der Waals surface area contributed by atoms with Crippen molar-refractivity contribution >= 4 is 5.91 Å². The van der Waals surface area contributed by atoms with Crippen LogP contribution in [-0.2, 0) is 0 Å². The second kappa shape index (κ2) is 6.11.